The van der Waals surface area contributed by atoms with Gasteiger partial charge in [-0.15, -0.1) is 10.2 Å². The summed E-state index contributed by atoms with van der Waals surface area (Å²) in [4.78, 5) is 13.3. The van der Waals surface area contributed by atoms with Crippen molar-refractivity contribution in [1.82, 2.24) is 54.1 Å². The van der Waals surface area contributed by atoms with Crippen LogP contribution in [0.3, 0.4) is 0 Å². The number of nitrogens with zero attached hydrogens (tertiary/aromatic N) is 13. The minimum Gasteiger partial charge on any atom is -0.378 e. The number of hydrogen-bond donors (Lipinski definition) is 1. The van der Waals surface area contributed by atoms with Crippen LogP contribution in [-0.2, 0) is 23.2 Å². The van der Waals surface area contributed by atoms with E-state index in [1.165, 1.54) is 5.56 Å². The van der Waals surface area contributed by atoms with E-state index < -0.39 is 0 Å². The highest BCUT2D eigenvalue weighted by Crippen LogP contribution is 2.36. The molecule has 5 aromatic heterocycles. The summed E-state index contributed by atoms with van der Waals surface area (Å²) in [6.07, 6.45) is 14.7. The van der Waals surface area contributed by atoms with E-state index in [1.807, 2.05) is 51.0 Å². The van der Waals surface area contributed by atoms with Crippen LogP contribution < -0.4 is 10.2 Å². The first-order valence-corrected chi connectivity index (χ1v) is 15.6. The Kier molecular flexibility index (Phi) is 6.95. The maximum Gasteiger partial charge on any atom is 0.247 e. The fourth-order valence-corrected chi connectivity index (χ4v) is 6.62. The molecule has 5 aromatic rings. The van der Waals surface area contributed by atoms with Crippen molar-refractivity contribution in [3.8, 4) is 0 Å². The number of piperidine rings is 1. The van der Waals surface area contributed by atoms with Gasteiger partial charge in [-0.05, 0) is 37.0 Å². The summed E-state index contributed by atoms with van der Waals surface area (Å²) in [6, 6.07) is 4.99. The zero-order valence-electron chi connectivity index (χ0n) is 25.3. The average molecular weight is 609 g/mol. The Balaban J connectivity index is 0.911. The predicted molar refractivity (Wildman–Crippen MR) is 165 cm³/mol. The first kappa shape index (κ1) is 27.7. The maximum absolute atomic E-state index is 7.55. The molecule has 0 unspecified atom stereocenters. The van der Waals surface area contributed by atoms with Gasteiger partial charge in [-0.2, -0.15) is 15.2 Å². The smallest absolute Gasteiger partial charge is 0.247 e. The molecule has 15 heteroatoms. The van der Waals surface area contributed by atoms with Crippen molar-refractivity contribution in [2.75, 3.05) is 56.2 Å². The number of pyridine rings is 1. The van der Waals surface area contributed by atoms with Crippen molar-refractivity contribution in [1.29, 1.82) is 0 Å². The summed E-state index contributed by atoms with van der Waals surface area (Å²) >= 11 is 0. The third-order valence-corrected chi connectivity index (χ3v) is 9.34. The van der Waals surface area contributed by atoms with E-state index in [0.717, 1.165) is 68.3 Å². The Morgan fingerprint density at radius 1 is 1.09 bits per heavy atom. The van der Waals surface area contributed by atoms with E-state index >= 15 is 0 Å². The van der Waals surface area contributed by atoms with Crippen molar-refractivity contribution < 1.29 is 4.74 Å². The SMILES string of the molecule is [C-]#[N+]CC1(n2cc(CC)cn2)CN(c2cccn3nc(Nc4cnn(Cc5cn(C6CCN(C7COC7)CC6)nn5)c4)nc23)C1. The Bertz CT molecular complexity index is 1830. The first-order chi connectivity index (χ1) is 22.1. The van der Waals surface area contributed by atoms with E-state index in [1.54, 1.807) is 10.7 Å². The van der Waals surface area contributed by atoms with Crippen LogP contribution in [0.25, 0.3) is 10.5 Å². The van der Waals surface area contributed by atoms with Gasteiger partial charge in [-0.3, -0.25) is 14.3 Å². The molecule has 232 valence electrons. The zero-order chi connectivity index (χ0) is 30.4. The van der Waals surface area contributed by atoms with Crippen LogP contribution in [-0.4, -0.2) is 106 Å². The molecule has 1 N–H and O–H groups in total. The monoisotopic (exact) mass is 608 g/mol. The van der Waals surface area contributed by atoms with Crippen LogP contribution in [0.2, 0.25) is 0 Å². The third-order valence-electron chi connectivity index (χ3n) is 9.34. The molecule has 8 rings (SSSR count). The van der Waals surface area contributed by atoms with Crippen LogP contribution in [0.1, 0.15) is 37.1 Å². The molecular formula is C30H36N14O. The summed E-state index contributed by atoms with van der Waals surface area (Å²) in [6.45, 7) is 15.8. The quantitative estimate of drug-likeness (QED) is 0.236. The molecule has 0 aliphatic carbocycles. The van der Waals surface area contributed by atoms with Crippen LogP contribution in [0.15, 0.2) is 49.3 Å². The van der Waals surface area contributed by atoms with Crippen molar-refractivity contribution in [3.05, 3.63) is 72.0 Å². The molecule has 0 spiro atoms. The number of fused-ring (bicyclic) bond motifs is 1. The lowest BCUT2D eigenvalue weighted by molar-refractivity contribution is -0.0734. The van der Waals surface area contributed by atoms with Gasteiger partial charge in [0.15, 0.2) is 11.2 Å². The molecule has 3 aliphatic heterocycles. The Hall–Kier alpha value is -4.81. The van der Waals surface area contributed by atoms with E-state index in [0.29, 0.717) is 44.2 Å². The Morgan fingerprint density at radius 2 is 1.96 bits per heavy atom. The third kappa shape index (κ3) is 5.19. The summed E-state index contributed by atoms with van der Waals surface area (Å²) in [5.74, 6) is 0.486. The maximum atomic E-state index is 7.55. The van der Waals surface area contributed by atoms with Gasteiger partial charge >= 0.3 is 0 Å². The van der Waals surface area contributed by atoms with Crippen LogP contribution in [0, 0.1) is 6.57 Å². The highest BCUT2D eigenvalue weighted by atomic mass is 16.5. The molecule has 3 saturated heterocycles. The fourth-order valence-electron chi connectivity index (χ4n) is 6.62. The highest BCUT2D eigenvalue weighted by Gasteiger charge is 2.49. The minimum absolute atomic E-state index is 0.341. The molecule has 0 amide bonds. The summed E-state index contributed by atoms with van der Waals surface area (Å²) in [7, 11) is 0. The lowest BCUT2D eigenvalue weighted by Gasteiger charge is -2.48. The van der Waals surface area contributed by atoms with Gasteiger partial charge in [0.05, 0.1) is 74.9 Å². The van der Waals surface area contributed by atoms with Crippen molar-refractivity contribution in [2.24, 2.45) is 0 Å². The second-order valence-electron chi connectivity index (χ2n) is 12.3. The average Bonchev–Trinajstić information content (AvgIpc) is 3.82. The number of aromatic nitrogens is 10. The number of rotatable bonds is 10. The Labute approximate surface area is 260 Å². The zero-order valence-corrected chi connectivity index (χ0v) is 25.3. The lowest BCUT2D eigenvalue weighted by Crippen LogP contribution is -2.64. The van der Waals surface area contributed by atoms with E-state index in [-0.39, 0.29) is 5.54 Å². The molecule has 0 bridgehead atoms. The summed E-state index contributed by atoms with van der Waals surface area (Å²) in [5.41, 5.74) is 4.23. The molecule has 8 heterocycles. The van der Waals surface area contributed by atoms with Crippen LogP contribution >= 0.6 is 0 Å². The number of likely N-dealkylation sites (tertiary alicyclic amines) is 1. The molecule has 45 heavy (non-hydrogen) atoms. The largest absolute Gasteiger partial charge is 0.378 e. The summed E-state index contributed by atoms with van der Waals surface area (Å²) < 4.78 is 13.0. The van der Waals surface area contributed by atoms with E-state index in [4.69, 9.17) is 16.3 Å². The first-order valence-electron chi connectivity index (χ1n) is 15.6. The van der Waals surface area contributed by atoms with E-state index in [9.17, 15) is 0 Å². The van der Waals surface area contributed by atoms with Gasteiger partial charge in [0.1, 0.15) is 5.69 Å². The molecule has 3 aliphatic rings. The molecule has 0 saturated carbocycles. The number of nitrogens with one attached hydrogen (secondary N) is 1. The van der Waals surface area contributed by atoms with Gasteiger partial charge in [-0.25, -0.2) is 15.8 Å². The number of anilines is 3. The standard InChI is InChI=1S/C30H36N14O/c1-3-22-11-33-44(13-22)30(19-31-2)20-40(21-30)27-5-4-8-42-28(27)35-29(37-42)34-23-12-32-41(14-23)15-24-16-43(38-36-24)25-6-9-39(10-7-25)26-17-45-18-26/h4-5,8,11-14,16,25-26H,3,6-7,9-10,15,17-21H2,1H3,(H,34,37). The fraction of sp³-hybridized carbons (Fsp3) is 0.500. The van der Waals surface area contributed by atoms with Crippen molar-refractivity contribution in [3.63, 3.8) is 0 Å². The molecule has 0 aromatic carbocycles. The van der Waals surface area contributed by atoms with Crippen LogP contribution in [0.5, 0.6) is 0 Å². The van der Waals surface area contributed by atoms with Gasteiger partial charge in [0.25, 0.3) is 0 Å². The van der Waals surface area contributed by atoms with Crippen LogP contribution in [0.4, 0.5) is 17.3 Å². The van der Waals surface area contributed by atoms with Gasteiger partial charge in [0, 0.05) is 31.7 Å². The van der Waals surface area contributed by atoms with Gasteiger partial charge in [-0.1, -0.05) is 12.1 Å². The molecule has 0 atom stereocenters. The number of ether oxygens (including phenoxy) is 1. The topological polar surface area (TPSA) is 129 Å². The number of hydrogen-bond acceptors (Lipinski definition) is 10. The van der Waals surface area contributed by atoms with Gasteiger partial charge in [0.2, 0.25) is 12.5 Å². The molecular weight excluding hydrogens is 572 g/mol. The molecule has 15 nitrogen and oxygen atoms in total. The minimum atomic E-state index is -0.341. The molecule has 0 radical (unpaired) electrons. The second-order valence-corrected chi connectivity index (χ2v) is 12.3. The molecule has 3 fully saturated rings. The van der Waals surface area contributed by atoms with Gasteiger partial charge < -0.3 is 19.8 Å². The van der Waals surface area contributed by atoms with E-state index in [2.05, 4.69) is 58.7 Å². The predicted octanol–water partition coefficient (Wildman–Crippen LogP) is 2.24. The second kappa shape index (κ2) is 11.3. The van der Waals surface area contributed by atoms with Crippen molar-refractivity contribution in [2.45, 2.75) is 50.4 Å². The normalized spacial score (nSPS) is 19.0. The summed E-state index contributed by atoms with van der Waals surface area (Å²) in [5, 5.41) is 25.9. The highest BCUT2D eigenvalue weighted by molar-refractivity contribution is 5.72. The Morgan fingerprint density at radius 3 is 2.71 bits per heavy atom. The van der Waals surface area contributed by atoms with Crippen molar-refractivity contribution >= 4 is 23.0 Å². The lowest BCUT2D eigenvalue weighted by atomic mass is 9.89. The number of aryl methyl sites for hydroxylation is 1.